The number of ether oxygens (including phenoxy) is 2. The summed E-state index contributed by atoms with van der Waals surface area (Å²) in [6.45, 7) is 3.90. The van der Waals surface area contributed by atoms with Gasteiger partial charge in [0.15, 0.2) is 0 Å². The van der Waals surface area contributed by atoms with E-state index >= 15 is 0 Å². The van der Waals surface area contributed by atoms with Crippen molar-refractivity contribution in [2.24, 2.45) is 0 Å². The Bertz CT molecular complexity index is 1440. The minimum absolute atomic E-state index is 0.00748. The van der Waals surface area contributed by atoms with Gasteiger partial charge in [-0.25, -0.2) is 22.9 Å². The molecule has 0 fully saturated rings. The third-order valence-corrected chi connectivity index (χ3v) is 7.37. The molecule has 206 valence electrons. The summed E-state index contributed by atoms with van der Waals surface area (Å²) >= 11 is 6.09. The summed E-state index contributed by atoms with van der Waals surface area (Å²) in [6, 6.07) is 13.2. The Morgan fingerprint density at radius 1 is 1.03 bits per heavy atom. The van der Waals surface area contributed by atoms with Gasteiger partial charge in [-0.1, -0.05) is 30.7 Å². The van der Waals surface area contributed by atoms with Crippen LogP contribution in [0.15, 0.2) is 65.7 Å². The number of pyridine rings is 1. The predicted molar refractivity (Wildman–Crippen MR) is 145 cm³/mol. The number of amides is 2. The summed E-state index contributed by atoms with van der Waals surface area (Å²) in [5.74, 6) is -1.39. The van der Waals surface area contributed by atoms with E-state index in [2.05, 4.69) is 10.3 Å². The smallest absolute Gasteiger partial charge is 0.357 e. The molecule has 12 heteroatoms. The number of rotatable bonds is 11. The number of nitrogens with one attached hydrogen (secondary N) is 2. The molecule has 0 aliphatic heterocycles. The van der Waals surface area contributed by atoms with Gasteiger partial charge in [0.05, 0.1) is 34.3 Å². The zero-order chi connectivity index (χ0) is 28.6. The molecule has 0 saturated heterocycles. The fourth-order valence-electron chi connectivity index (χ4n) is 3.27. The number of benzene rings is 2. The topological polar surface area (TPSA) is 141 Å². The van der Waals surface area contributed by atoms with Crippen molar-refractivity contribution < 1.29 is 32.3 Å². The molecular formula is C27H28ClN3O7S. The number of hydrogen-bond donors (Lipinski definition) is 2. The summed E-state index contributed by atoms with van der Waals surface area (Å²) in [4.78, 5) is 40.7. The number of esters is 1. The molecule has 10 nitrogen and oxygen atoms in total. The van der Waals surface area contributed by atoms with E-state index in [1.165, 1.54) is 37.4 Å². The molecule has 2 amide bonds. The van der Waals surface area contributed by atoms with Gasteiger partial charge >= 0.3 is 5.97 Å². The molecule has 0 saturated carbocycles. The molecule has 1 atom stereocenters. The van der Waals surface area contributed by atoms with Crippen LogP contribution in [0.5, 0.6) is 5.75 Å². The van der Waals surface area contributed by atoms with Crippen LogP contribution in [0.3, 0.4) is 0 Å². The number of carbonyl (C=O) groups is 3. The average molecular weight is 574 g/mol. The first kappa shape index (κ1) is 29.6. The minimum atomic E-state index is -4.17. The summed E-state index contributed by atoms with van der Waals surface area (Å²) in [5, 5.41) is 3.05. The largest absolute Gasteiger partial charge is 0.497 e. The second-order valence-corrected chi connectivity index (χ2v) is 10.6. The summed E-state index contributed by atoms with van der Waals surface area (Å²) < 4.78 is 37.7. The fraction of sp³-hybridized carbons (Fsp3) is 0.259. The molecule has 0 spiro atoms. The maximum absolute atomic E-state index is 12.7. The molecule has 1 aromatic heterocycles. The number of nitrogens with zero attached hydrogens (tertiary/aromatic N) is 1. The molecule has 0 bridgehead atoms. The maximum Gasteiger partial charge on any atom is 0.357 e. The van der Waals surface area contributed by atoms with Crippen molar-refractivity contribution >= 4 is 39.4 Å². The van der Waals surface area contributed by atoms with Gasteiger partial charge in [0, 0.05) is 12.7 Å². The highest BCUT2D eigenvalue weighted by Gasteiger charge is 2.20. The zero-order valence-electron chi connectivity index (χ0n) is 21.6. The Hall–Kier alpha value is -3.96. The monoisotopic (exact) mass is 573 g/mol. The van der Waals surface area contributed by atoms with Crippen LogP contribution in [0.1, 0.15) is 57.0 Å². The normalized spacial score (nSPS) is 11.8. The van der Waals surface area contributed by atoms with Crippen molar-refractivity contribution in [1.82, 2.24) is 15.0 Å². The maximum atomic E-state index is 12.7. The molecule has 0 aliphatic rings. The lowest BCUT2D eigenvalue weighted by Crippen LogP contribution is -2.30. The van der Waals surface area contributed by atoms with E-state index in [1.807, 2.05) is 11.6 Å². The van der Waals surface area contributed by atoms with Crippen molar-refractivity contribution in [1.29, 1.82) is 0 Å². The van der Waals surface area contributed by atoms with E-state index in [-0.39, 0.29) is 40.3 Å². The Balaban J connectivity index is 1.56. The highest BCUT2D eigenvalue weighted by atomic mass is 35.5. The lowest BCUT2D eigenvalue weighted by molar-refractivity contribution is 0.0327. The van der Waals surface area contributed by atoms with Crippen LogP contribution in [-0.4, -0.2) is 50.9 Å². The van der Waals surface area contributed by atoms with Crippen molar-refractivity contribution in [3.8, 4) is 5.75 Å². The molecule has 0 radical (unpaired) electrons. The molecule has 3 rings (SSSR count). The predicted octanol–water partition coefficient (Wildman–Crippen LogP) is 3.79. The van der Waals surface area contributed by atoms with Crippen LogP contribution in [0.25, 0.3) is 0 Å². The molecule has 0 aliphatic carbocycles. The summed E-state index contributed by atoms with van der Waals surface area (Å²) in [5.41, 5.74) is 1.01. The first-order chi connectivity index (χ1) is 18.5. The van der Waals surface area contributed by atoms with E-state index in [9.17, 15) is 22.8 Å². The Morgan fingerprint density at radius 3 is 2.36 bits per heavy atom. The quantitative estimate of drug-likeness (QED) is 0.330. The molecule has 39 heavy (non-hydrogen) atoms. The number of sulfonamides is 1. The van der Waals surface area contributed by atoms with Crippen molar-refractivity contribution in [2.75, 3.05) is 13.7 Å². The molecule has 2 aromatic carbocycles. The molecule has 3 aromatic rings. The molecule has 0 unspecified atom stereocenters. The van der Waals surface area contributed by atoms with Gasteiger partial charge in [0.1, 0.15) is 11.4 Å². The summed E-state index contributed by atoms with van der Waals surface area (Å²) in [7, 11) is -2.68. The number of hydrogen-bond acceptors (Lipinski definition) is 8. The number of halogens is 1. The van der Waals surface area contributed by atoms with Gasteiger partial charge in [-0.2, -0.15) is 0 Å². The van der Waals surface area contributed by atoms with Crippen molar-refractivity contribution in [3.63, 3.8) is 0 Å². The second kappa shape index (κ2) is 13.2. The number of carbonyl (C=O) groups excluding carboxylic acids is 3. The summed E-state index contributed by atoms with van der Waals surface area (Å²) in [6.07, 6.45) is 1.89. The second-order valence-electron chi connectivity index (χ2n) is 8.49. The minimum Gasteiger partial charge on any atom is -0.497 e. The van der Waals surface area contributed by atoms with Gasteiger partial charge in [-0.15, -0.1) is 0 Å². The van der Waals surface area contributed by atoms with Crippen LogP contribution < -0.4 is 14.8 Å². The van der Waals surface area contributed by atoms with Gasteiger partial charge in [-0.3, -0.25) is 9.59 Å². The van der Waals surface area contributed by atoms with Crippen molar-refractivity contribution in [3.05, 3.63) is 88.2 Å². The van der Waals surface area contributed by atoms with Gasteiger partial charge < -0.3 is 14.8 Å². The lowest BCUT2D eigenvalue weighted by Gasteiger charge is -2.11. The third kappa shape index (κ3) is 8.01. The molecule has 2 N–H and O–H groups in total. The highest BCUT2D eigenvalue weighted by Crippen LogP contribution is 2.22. The van der Waals surface area contributed by atoms with E-state index in [0.717, 1.165) is 11.8 Å². The Morgan fingerprint density at radius 2 is 1.74 bits per heavy atom. The zero-order valence-corrected chi connectivity index (χ0v) is 23.1. The first-order valence-corrected chi connectivity index (χ1v) is 13.8. The van der Waals surface area contributed by atoms with Crippen LogP contribution in [0.2, 0.25) is 5.02 Å². The number of methoxy groups -OCH3 is 1. The van der Waals surface area contributed by atoms with Crippen LogP contribution in [-0.2, 0) is 21.2 Å². The first-order valence-electron chi connectivity index (χ1n) is 12.0. The van der Waals surface area contributed by atoms with Gasteiger partial charge in [-0.05, 0) is 67.8 Å². The SMILES string of the molecule is CC[C@H](C)OC(=O)c1ccc(C(=O)NS(=O)(=O)c2ccc(CCNC(=O)c3cc(OC)ccc3Cl)cc2)cn1. The van der Waals surface area contributed by atoms with E-state index in [4.69, 9.17) is 21.1 Å². The van der Waals surface area contributed by atoms with Crippen molar-refractivity contribution in [2.45, 2.75) is 37.7 Å². The van der Waals surface area contributed by atoms with E-state index < -0.39 is 21.9 Å². The third-order valence-electron chi connectivity index (χ3n) is 5.70. The van der Waals surface area contributed by atoms with Crippen LogP contribution in [0.4, 0.5) is 0 Å². The highest BCUT2D eigenvalue weighted by molar-refractivity contribution is 7.90. The van der Waals surface area contributed by atoms with E-state index in [1.54, 1.807) is 31.2 Å². The van der Waals surface area contributed by atoms with Gasteiger partial charge in [0.25, 0.3) is 21.8 Å². The molecule has 1 heterocycles. The van der Waals surface area contributed by atoms with Gasteiger partial charge in [0.2, 0.25) is 0 Å². The lowest BCUT2D eigenvalue weighted by atomic mass is 10.1. The fourth-order valence-corrected chi connectivity index (χ4v) is 4.45. The van der Waals surface area contributed by atoms with E-state index in [0.29, 0.717) is 23.6 Å². The Labute approximate surface area is 231 Å². The standard InChI is InChI=1S/C27H28ClN3O7S/c1-4-17(2)38-27(34)24-12-7-19(16-30-24)25(32)31-39(35,36)21-9-5-18(6-10-21)13-14-29-26(33)22-15-20(37-3)8-11-23(22)28/h5-12,15-17H,4,13-14H2,1-3H3,(H,29,33)(H,31,32)/t17-/m0/s1. The number of aromatic nitrogens is 1. The Kier molecular flexibility index (Phi) is 10.0. The molecular weight excluding hydrogens is 546 g/mol. The average Bonchev–Trinajstić information content (AvgIpc) is 2.93. The van der Waals surface area contributed by atoms with Crippen LogP contribution in [0, 0.1) is 0 Å². The van der Waals surface area contributed by atoms with Crippen LogP contribution >= 0.6 is 11.6 Å².